The lowest BCUT2D eigenvalue weighted by molar-refractivity contribution is -0.141. The van der Waals surface area contributed by atoms with Crippen molar-refractivity contribution in [2.45, 2.75) is 57.2 Å². The first-order valence-electron chi connectivity index (χ1n) is 12.1. The Kier molecular flexibility index (Phi) is 8.24. The number of halogens is 2. The summed E-state index contributed by atoms with van der Waals surface area (Å²) in [5, 5.41) is 3.14. The van der Waals surface area contributed by atoms with Crippen molar-refractivity contribution >= 4 is 11.8 Å². The third-order valence-electron chi connectivity index (χ3n) is 6.54. The van der Waals surface area contributed by atoms with Gasteiger partial charge in [-0.15, -0.1) is 0 Å². The van der Waals surface area contributed by atoms with E-state index < -0.39 is 11.9 Å². The normalized spacial score (nSPS) is 14.5. The van der Waals surface area contributed by atoms with Gasteiger partial charge in [-0.05, 0) is 47.7 Å². The van der Waals surface area contributed by atoms with Gasteiger partial charge in [0.1, 0.15) is 17.7 Å². The van der Waals surface area contributed by atoms with E-state index in [4.69, 9.17) is 0 Å². The van der Waals surface area contributed by atoms with Crippen LogP contribution in [0.1, 0.15) is 42.4 Å². The maximum Gasteiger partial charge on any atom is 0.243 e. The Morgan fingerprint density at radius 2 is 1.51 bits per heavy atom. The Balaban J connectivity index is 1.66. The maximum atomic E-state index is 14.4. The summed E-state index contributed by atoms with van der Waals surface area (Å²) >= 11 is 0. The first-order chi connectivity index (χ1) is 17.0. The maximum absolute atomic E-state index is 14.4. The molecule has 0 aliphatic heterocycles. The lowest BCUT2D eigenvalue weighted by Gasteiger charge is -2.32. The molecule has 182 valence electrons. The summed E-state index contributed by atoms with van der Waals surface area (Å²) < 4.78 is 27.9. The van der Waals surface area contributed by atoms with Crippen molar-refractivity contribution in [2.75, 3.05) is 0 Å². The minimum atomic E-state index is -0.790. The summed E-state index contributed by atoms with van der Waals surface area (Å²) in [5.41, 5.74) is 1.89. The van der Waals surface area contributed by atoms with E-state index in [0.29, 0.717) is 12.0 Å². The van der Waals surface area contributed by atoms with Crippen LogP contribution in [0.15, 0.2) is 78.9 Å². The lowest BCUT2D eigenvalue weighted by atomic mass is 10.0. The fourth-order valence-corrected chi connectivity index (χ4v) is 4.61. The molecule has 0 heterocycles. The SMILES string of the molecule is O=C(NC1CCCC1)[C@@H](Cc1ccccc1)N(Cc1ccc(F)cc1)C(=O)Cc1ccccc1F. The summed E-state index contributed by atoms with van der Waals surface area (Å²) in [7, 11) is 0. The first-order valence-corrected chi connectivity index (χ1v) is 12.1. The number of rotatable bonds is 9. The number of carbonyl (C=O) groups is 2. The summed E-state index contributed by atoms with van der Waals surface area (Å²) in [5.74, 6) is -1.41. The summed E-state index contributed by atoms with van der Waals surface area (Å²) in [6, 6.07) is 20.9. The summed E-state index contributed by atoms with van der Waals surface area (Å²) in [4.78, 5) is 28.7. The molecule has 4 rings (SSSR count). The van der Waals surface area contributed by atoms with Gasteiger partial charge in [0.15, 0.2) is 0 Å². The van der Waals surface area contributed by atoms with E-state index in [-0.39, 0.29) is 42.2 Å². The number of hydrogen-bond acceptors (Lipinski definition) is 2. The third kappa shape index (κ3) is 6.75. The van der Waals surface area contributed by atoms with Crippen molar-refractivity contribution in [3.05, 3.63) is 107 Å². The molecule has 4 nitrogen and oxygen atoms in total. The van der Waals surface area contributed by atoms with Gasteiger partial charge >= 0.3 is 0 Å². The summed E-state index contributed by atoms with van der Waals surface area (Å²) in [6.45, 7) is 0.114. The second kappa shape index (κ2) is 11.7. The highest BCUT2D eigenvalue weighted by molar-refractivity contribution is 5.89. The topological polar surface area (TPSA) is 49.4 Å². The second-order valence-corrected chi connectivity index (χ2v) is 9.11. The van der Waals surface area contributed by atoms with E-state index in [1.54, 1.807) is 30.3 Å². The van der Waals surface area contributed by atoms with E-state index in [9.17, 15) is 18.4 Å². The second-order valence-electron chi connectivity index (χ2n) is 9.11. The fourth-order valence-electron chi connectivity index (χ4n) is 4.61. The van der Waals surface area contributed by atoms with Gasteiger partial charge in [-0.2, -0.15) is 0 Å². The van der Waals surface area contributed by atoms with Gasteiger partial charge < -0.3 is 10.2 Å². The van der Waals surface area contributed by atoms with Crippen LogP contribution in [0.2, 0.25) is 0 Å². The van der Waals surface area contributed by atoms with Crippen LogP contribution in [0.25, 0.3) is 0 Å². The van der Waals surface area contributed by atoms with Crippen molar-refractivity contribution in [1.29, 1.82) is 0 Å². The quantitative estimate of drug-likeness (QED) is 0.461. The molecule has 0 radical (unpaired) electrons. The third-order valence-corrected chi connectivity index (χ3v) is 6.54. The van der Waals surface area contributed by atoms with Gasteiger partial charge in [0.25, 0.3) is 0 Å². The van der Waals surface area contributed by atoms with Crippen LogP contribution in [0, 0.1) is 11.6 Å². The van der Waals surface area contributed by atoms with E-state index in [1.165, 1.54) is 23.1 Å². The molecule has 1 N–H and O–H groups in total. The molecule has 1 atom stereocenters. The van der Waals surface area contributed by atoms with Crippen molar-refractivity contribution in [3.63, 3.8) is 0 Å². The highest BCUT2D eigenvalue weighted by Gasteiger charge is 2.32. The van der Waals surface area contributed by atoms with E-state index in [2.05, 4.69) is 5.32 Å². The number of nitrogens with zero attached hydrogens (tertiary/aromatic N) is 1. The van der Waals surface area contributed by atoms with E-state index in [1.807, 2.05) is 30.3 Å². The zero-order chi connectivity index (χ0) is 24.6. The lowest BCUT2D eigenvalue weighted by Crippen LogP contribution is -2.52. The van der Waals surface area contributed by atoms with Gasteiger partial charge in [-0.1, -0.05) is 73.5 Å². The van der Waals surface area contributed by atoms with Gasteiger partial charge in [0.2, 0.25) is 11.8 Å². The standard InChI is InChI=1S/C29H30F2N2O2/c30-24-16-14-22(15-17-24)20-33(28(34)19-23-10-4-7-13-26(23)31)27(18-21-8-2-1-3-9-21)29(35)32-25-11-5-6-12-25/h1-4,7-10,13-17,25,27H,5-6,11-12,18-20H2,(H,32,35)/t27-/m1/s1. The highest BCUT2D eigenvalue weighted by atomic mass is 19.1. The molecule has 2 amide bonds. The number of amides is 2. The molecule has 0 bridgehead atoms. The monoisotopic (exact) mass is 476 g/mol. The molecular formula is C29H30F2N2O2. The zero-order valence-corrected chi connectivity index (χ0v) is 19.6. The minimum absolute atomic E-state index is 0.0927. The Hall–Kier alpha value is -3.54. The fraction of sp³-hybridized carbons (Fsp3) is 0.310. The predicted molar refractivity (Wildman–Crippen MR) is 131 cm³/mol. The van der Waals surface area contributed by atoms with Gasteiger partial charge in [0.05, 0.1) is 6.42 Å². The number of benzene rings is 3. The Bertz CT molecular complexity index is 1130. The minimum Gasteiger partial charge on any atom is -0.352 e. The van der Waals surface area contributed by atoms with Crippen LogP contribution in [0.4, 0.5) is 8.78 Å². The number of hydrogen-bond donors (Lipinski definition) is 1. The molecule has 1 aliphatic rings. The zero-order valence-electron chi connectivity index (χ0n) is 19.6. The van der Waals surface area contributed by atoms with E-state index in [0.717, 1.165) is 31.2 Å². The molecule has 35 heavy (non-hydrogen) atoms. The Morgan fingerprint density at radius 1 is 0.857 bits per heavy atom. The van der Waals surface area contributed by atoms with Crippen LogP contribution in [-0.2, 0) is 29.0 Å². The predicted octanol–water partition coefficient (Wildman–Crippen LogP) is 5.21. The number of carbonyl (C=O) groups excluding carboxylic acids is 2. The average molecular weight is 477 g/mol. The van der Waals surface area contributed by atoms with Crippen molar-refractivity contribution in [1.82, 2.24) is 10.2 Å². The van der Waals surface area contributed by atoms with Crippen LogP contribution in [0.5, 0.6) is 0 Å². The average Bonchev–Trinajstić information content (AvgIpc) is 3.37. The van der Waals surface area contributed by atoms with Gasteiger partial charge in [-0.25, -0.2) is 8.78 Å². The van der Waals surface area contributed by atoms with Crippen molar-refractivity contribution in [2.24, 2.45) is 0 Å². The van der Waals surface area contributed by atoms with Crippen LogP contribution in [0.3, 0.4) is 0 Å². The van der Waals surface area contributed by atoms with E-state index >= 15 is 0 Å². The molecule has 3 aromatic carbocycles. The molecule has 6 heteroatoms. The first kappa shape index (κ1) is 24.6. The molecular weight excluding hydrogens is 446 g/mol. The molecule has 1 aliphatic carbocycles. The number of nitrogens with one attached hydrogen (secondary N) is 1. The molecule has 0 spiro atoms. The molecule has 1 fully saturated rings. The highest BCUT2D eigenvalue weighted by Crippen LogP contribution is 2.21. The van der Waals surface area contributed by atoms with Crippen LogP contribution < -0.4 is 5.32 Å². The smallest absolute Gasteiger partial charge is 0.243 e. The van der Waals surface area contributed by atoms with Gasteiger partial charge in [-0.3, -0.25) is 9.59 Å². The Labute approximate surface area is 205 Å². The molecule has 0 saturated heterocycles. The van der Waals surface area contributed by atoms with Gasteiger partial charge in [0, 0.05) is 19.0 Å². The largest absolute Gasteiger partial charge is 0.352 e. The van der Waals surface area contributed by atoms with Crippen LogP contribution >= 0.6 is 0 Å². The molecule has 0 aromatic heterocycles. The van der Waals surface area contributed by atoms with Crippen LogP contribution in [-0.4, -0.2) is 28.8 Å². The molecule has 0 unspecified atom stereocenters. The van der Waals surface area contributed by atoms with Crippen molar-refractivity contribution in [3.8, 4) is 0 Å². The molecule has 1 saturated carbocycles. The Morgan fingerprint density at radius 3 is 2.20 bits per heavy atom. The summed E-state index contributed by atoms with van der Waals surface area (Å²) in [6.07, 6.45) is 4.13. The molecule has 3 aromatic rings. The van der Waals surface area contributed by atoms with Crippen molar-refractivity contribution < 1.29 is 18.4 Å².